The van der Waals surface area contributed by atoms with Crippen LogP contribution in [0, 0.1) is 5.92 Å². The van der Waals surface area contributed by atoms with Crippen LogP contribution in [-0.4, -0.2) is 49.8 Å². The van der Waals surface area contributed by atoms with Crippen LogP contribution in [0.25, 0.3) is 0 Å². The van der Waals surface area contributed by atoms with Gasteiger partial charge in [-0.05, 0) is 75.2 Å². The molecule has 0 saturated carbocycles. The van der Waals surface area contributed by atoms with Crippen LogP contribution in [0.4, 0.5) is 10.5 Å². The maximum absolute atomic E-state index is 12.6. The molecule has 0 aromatic heterocycles. The Morgan fingerprint density at radius 2 is 2.04 bits per heavy atom. The molecule has 3 aliphatic rings. The number of nitrogens with zero attached hydrogens (tertiary/aromatic N) is 1. The quantitative estimate of drug-likeness (QED) is 0.851. The maximum Gasteiger partial charge on any atom is 0.319 e. The van der Waals surface area contributed by atoms with E-state index in [0.717, 1.165) is 51.3 Å². The molecule has 0 radical (unpaired) electrons. The molecule has 142 valence electrons. The Hall–Kier alpha value is -1.59. The fourth-order valence-electron chi connectivity index (χ4n) is 4.79. The fraction of sp³-hybridized carbons (Fsp3) is 0.667. The van der Waals surface area contributed by atoms with E-state index < -0.39 is 0 Å². The minimum atomic E-state index is -0.0768. The lowest BCUT2D eigenvalue weighted by molar-refractivity contribution is 0.135. The van der Waals surface area contributed by atoms with E-state index in [1.165, 1.54) is 36.8 Å². The molecule has 1 aromatic rings. The number of benzene rings is 1. The van der Waals surface area contributed by atoms with Crippen molar-refractivity contribution in [3.63, 3.8) is 0 Å². The van der Waals surface area contributed by atoms with Crippen LogP contribution in [-0.2, 0) is 17.6 Å². The summed E-state index contributed by atoms with van der Waals surface area (Å²) in [5.41, 5.74) is 3.71. The molecule has 2 aliphatic heterocycles. The lowest BCUT2D eigenvalue weighted by Crippen LogP contribution is -2.48. The van der Waals surface area contributed by atoms with Gasteiger partial charge < -0.3 is 15.4 Å². The van der Waals surface area contributed by atoms with Gasteiger partial charge in [0.2, 0.25) is 0 Å². The Kier molecular flexibility index (Phi) is 5.75. The third-order valence-electron chi connectivity index (χ3n) is 6.23. The third kappa shape index (κ3) is 4.04. The molecular weight excluding hydrogens is 326 g/mol. The number of carbonyl (C=O) groups is 1. The molecule has 0 unspecified atom stereocenters. The Morgan fingerprint density at radius 1 is 1.19 bits per heavy atom. The number of likely N-dealkylation sites (tertiary alicyclic amines) is 1. The molecule has 5 nitrogen and oxygen atoms in total. The van der Waals surface area contributed by atoms with Gasteiger partial charge in [-0.2, -0.15) is 0 Å². The smallest absolute Gasteiger partial charge is 0.319 e. The number of ether oxygens (including phenoxy) is 1. The number of aryl methyl sites for hydroxylation is 1. The maximum atomic E-state index is 12.6. The molecule has 26 heavy (non-hydrogen) atoms. The van der Waals surface area contributed by atoms with Crippen molar-refractivity contribution < 1.29 is 9.53 Å². The van der Waals surface area contributed by atoms with E-state index in [2.05, 4.69) is 27.7 Å². The number of hydrogen-bond donors (Lipinski definition) is 2. The van der Waals surface area contributed by atoms with Gasteiger partial charge in [-0.15, -0.1) is 0 Å². The molecular formula is C21H31N3O2. The van der Waals surface area contributed by atoms with Crippen LogP contribution in [0.3, 0.4) is 0 Å². The zero-order chi connectivity index (χ0) is 17.8. The van der Waals surface area contributed by atoms with Gasteiger partial charge >= 0.3 is 6.03 Å². The summed E-state index contributed by atoms with van der Waals surface area (Å²) in [6.45, 7) is 4.69. The second kappa shape index (κ2) is 8.40. The van der Waals surface area contributed by atoms with Crippen molar-refractivity contribution in [3.8, 4) is 0 Å². The van der Waals surface area contributed by atoms with E-state index in [1.807, 2.05) is 6.07 Å². The standard InChI is InChI=1S/C21H31N3O2/c25-21(23-19-9-5-7-16-6-1-2-8-18(16)19)22-14-20(17-10-13-26-15-17)24-11-3-4-12-24/h5,7,9,17,20H,1-4,6,8,10-15H2,(H2,22,23,25)/t17-,20-/m1/s1. The predicted octanol–water partition coefficient (Wildman–Crippen LogP) is 3.19. The van der Waals surface area contributed by atoms with Crippen LogP contribution in [0.1, 0.15) is 43.2 Å². The van der Waals surface area contributed by atoms with Crippen molar-refractivity contribution in [2.75, 3.05) is 38.2 Å². The molecule has 0 spiro atoms. The second-order valence-corrected chi connectivity index (χ2v) is 7.92. The van der Waals surface area contributed by atoms with Crippen molar-refractivity contribution >= 4 is 11.7 Å². The number of nitrogens with one attached hydrogen (secondary N) is 2. The molecule has 2 atom stereocenters. The number of hydrogen-bond acceptors (Lipinski definition) is 3. The number of carbonyl (C=O) groups excluding carboxylic acids is 1. The highest BCUT2D eigenvalue weighted by Crippen LogP contribution is 2.28. The number of urea groups is 1. The average molecular weight is 357 g/mol. The topological polar surface area (TPSA) is 53.6 Å². The van der Waals surface area contributed by atoms with Crippen molar-refractivity contribution in [1.29, 1.82) is 0 Å². The van der Waals surface area contributed by atoms with Crippen molar-refractivity contribution in [3.05, 3.63) is 29.3 Å². The summed E-state index contributed by atoms with van der Waals surface area (Å²) >= 11 is 0. The van der Waals surface area contributed by atoms with Gasteiger partial charge in [-0.3, -0.25) is 4.90 Å². The lowest BCUT2D eigenvalue weighted by atomic mass is 9.90. The van der Waals surface area contributed by atoms with Crippen LogP contribution in [0.15, 0.2) is 18.2 Å². The Bertz CT molecular complexity index is 606. The molecule has 0 bridgehead atoms. The number of anilines is 1. The van der Waals surface area contributed by atoms with Gasteiger partial charge in [0.05, 0.1) is 6.61 Å². The largest absolute Gasteiger partial charge is 0.381 e. The summed E-state index contributed by atoms with van der Waals surface area (Å²) in [7, 11) is 0. The average Bonchev–Trinajstić information content (AvgIpc) is 3.37. The van der Waals surface area contributed by atoms with Crippen molar-refractivity contribution in [2.24, 2.45) is 5.92 Å². The number of rotatable bonds is 5. The van der Waals surface area contributed by atoms with E-state index in [-0.39, 0.29) is 6.03 Å². The van der Waals surface area contributed by atoms with E-state index in [1.54, 1.807) is 0 Å². The Balaban J connectivity index is 1.36. The van der Waals surface area contributed by atoms with E-state index in [4.69, 9.17) is 4.74 Å². The second-order valence-electron chi connectivity index (χ2n) is 7.92. The molecule has 2 amide bonds. The molecule has 2 heterocycles. The molecule has 1 aromatic carbocycles. The van der Waals surface area contributed by atoms with Gasteiger partial charge in [0.1, 0.15) is 0 Å². The van der Waals surface area contributed by atoms with E-state index in [0.29, 0.717) is 18.5 Å². The summed E-state index contributed by atoms with van der Waals surface area (Å²) in [5.74, 6) is 0.540. The Morgan fingerprint density at radius 3 is 2.85 bits per heavy atom. The van der Waals surface area contributed by atoms with Crippen LogP contribution in [0.2, 0.25) is 0 Å². The fourth-order valence-corrected chi connectivity index (χ4v) is 4.79. The Labute approximate surface area is 156 Å². The highest BCUT2D eigenvalue weighted by atomic mass is 16.5. The van der Waals surface area contributed by atoms with Gasteiger partial charge in [-0.25, -0.2) is 4.79 Å². The SMILES string of the molecule is O=C(NC[C@H]([C@@H]1CCOC1)N1CCCC1)Nc1cccc2c1CCCC2. The summed E-state index contributed by atoms with van der Waals surface area (Å²) < 4.78 is 5.61. The first-order valence-corrected chi connectivity index (χ1v) is 10.3. The molecule has 4 rings (SSSR count). The highest BCUT2D eigenvalue weighted by molar-refractivity contribution is 5.90. The summed E-state index contributed by atoms with van der Waals surface area (Å²) in [6.07, 6.45) is 8.32. The van der Waals surface area contributed by atoms with Crippen molar-refractivity contribution in [2.45, 2.75) is 51.0 Å². The van der Waals surface area contributed by atoms with E-state index >= 15 is 0 Å². The van der Waals surface area contributed by atoms with Gasteiger partial charge in [-0.1, -0.05) is 12.1 Å². The molecule has 5 heteroatoms. The third-order valence-corrected chi connectivity index (χ3v) is 6.23. The lowest BCUT2D eigenvalue weighted by Gasteiger charge is -2.32. The molecule has 2 fully saturated rings. The zero-order valence-corrected chi connectivity index (χ0v) is 15.6. The first-order valence-electron chi connectivity index (χ1n) is 10.3. The zero-order valence-electron chi connectivity index (χ0n) is 15.6. The number of amides is 2. The first kappa shape index (κ1) is 17.8. The number of fused-ring (bicyclic) bond motifs is 1. The first-order chi connectivity index (χ1) is 12.8. The summed E-state index contributed by atoms with van der Waals surface area (Å²) in [5, 5.41) is 6.25. The van der Waals surface area contributed by atoms with Crippen LogP contribution < -0.4 is 10.6 Å². The minimum Gasteiger partial charge on any atom is -0.381 e. The summed E-state index contributed by atoms with van der Waals surface area (Å²) in [4.78, 5) is 15.1. The molecule has 2 N–H and O–H groups in total. The molecule has 2 saturated heterocycles. The highest BCUT2D eigenvalue weighted by Gasteiger charge is 2.32. The van der Waals surface area contributed by atoms with Crippen LogP contribution >= 0.6 is 0 Å². The monoisotopic (exact) mass is 357 g/mol. The molecule has 1 aliphatic carbocycles. The predicted molar refractivity (Wildman–Crippen MR) is 104 cm³/mol. The minimum absolute atomic E-state index is 0.0768. The van der Waals surface area contributed by atoms with Crippen LogP contribution in [0.5, 0.6) is 0 Å². The van der Waals surface area contributed by atoms with E-state index in [9.17, 15) is 4.79 Å². The summed E-state index contributed by atoms with van der Waals surface area (Å²) in [6, 6.07) is 6.61. The van der Waals surface area contributed by atoms with Crippen molar-refractivity contribution in [1.82, 2.24) is 10.2 Å². The normalized spacial score (nSPS) is 24.2. The van der Waals surface area contributed by atoms with Gasteiger partial charge in [0.25, 0.3) is 0 Å². The van der Waals surface area contributed by atoms with Gasteiger partial charge in [0.15, 0.2) is 0 Å². The van der Waals surface area contributed by atoms with Gasteiger partial charge in [0, 0.05) is 30.8 Å².